The van der Waals surface area contributed by atoms with Crippen molar-refractivity contribution < 1.29 is 0 Å². The van der Waals surface area contributed by atoms with E-state index in [4.69, 9.17) is 0 Å². The molecule has 0 bridgehead atoms. The molecule has 4 heteroatoms. The van der Waals surface area contributed by atoms with Gasteiger partial charge in [-0.2, -0.15) is 0 Å². The standard InChI is InChI=1S/C14H18N4/c1-11-10-18(13-7-4-8-15-9-13)14(16-11)17-12-5-2-3-6-12/h4,7-10,12H,2-3,5-6H2,1H3,(H,16,17). The summed E-state index contributed by atoms with van der Waals surface area (Å²) in [6.07, 6.45) is 10.8. The number of imidazole rings is 1. The van der Waals surface area contributed by atoms with Crippen molar-refractivity contribution in [3.05, 3.63) is 36.4 Å². The highest BCUT2D eigenvalue weighted by molar-refractivity contribution is 5.42. The topological polar surface area (TPSA) is 42.7 Å². The second-order valence-corrected chi connectivity index (χ2v) is 4.91. The van der Waals surface area contributed by atoms with Gasteiger partial charge >= 0.3 is 0 Å². The van der Waals surface area contributed by atoms with Crippen LogP contribution in [-0.4, -0.2) is 20.6 Å². The molecule has 1 aliphatic carbocycles. The molecule has 0 unspecified atom stereocenters. The molecule has 94 valence electrons. The zero-order valence-electron chi connectivity index (χ0n) is 10.6. The first kappa shape index (κ1) is 11.3. The van der Waals surface area contributed by atoms with E-state index in [2.05, 4.69) is 19.9 Å². The molecule has 1 aliphatic rings. The molecule has 0 aromatic carbocycles. The summed E-state index contributed by atoms with van der Waals surface area (Å²) in [6, 6.07) is 4.57. The van der Waals surface area contributed by atoms with Crippen LogP contribution in [0.15, 0.2) is 30.7 Å². The highest BCUT2D eigenvalue weighted by atomic mass is 15.2. The zero-order valence-corrected chi connectivity index (χ0v) is 10.6. The van der Waals surface area contributed by atoms with Gasteiger partial charge in [0.15, 0.2) is 0 Å². The maximum absolute atomic E-state index is 4.57. The molecule has 4 nitrogen and oxygen atoms in total. The number of nitrogens with zero attached hydrogens (tertiary/aromatic N) is 3. The molecule has 2 heterocycles. The molecule has 1 saturated carbocycles. The minimum atomic E-state index is 0.572. The van der Waals surface area contributed by atoms with Gasteiger partial charge in [0.2, 0.25) is 5.95 Å². The second-order valence-electron chi connectivity index (χ2n) is 4.91. The fourth-order valence-corrected chi connectivity index (χ4v) is 2.55. The smallest absolute Gasteiger partial charge is 0.208 e. The van der Waals surface area contributed by atoms with Gasteiger partial charge in [0.25, 0.3) is 0 Å². The maximum atomic E-state index is 4.57. The first-order chi connectivity index (χ1) is 8.83. The van der Waals surface area contributed by atoms with Crippen LogP contribution in [0.3, 0.4) is 0 Å². The van der Waals surface area contributed by atoms with Crippen LogP contribution in [-0.2, 0) is 0 Å². The van der Waals surface area contributed by atoms with E-state index in [0.717, 1.165) is 17.3 Å². The van der Waals surface area contributed by atoms with E-state index in [1.54, 1.807) is 6.20 Å². The predicted molar refractivity (Wildman–Crippen MR) is 72.0 cm³/mol. The van der Waals surface area contributed by atoms with Crippen LogP contribution in [0, 0.1) is 6.92 Å². The van der Waals surface area contributed by atoms with Gasteiger partial charge in [0.1, 0.15) is 0 Å². The summed E-state index contributed by atoms with van der Waals surface area (Å²) in [6.45, 7) is 2.02. The van der Waals surface area contributed by atoms with Gasteiger partial charge in [-0.25, -0.2) is 4.98 Å². The minimum absolute atomic E-state index is 0.572. The van der Waals surface area contributed by atoms with E-state index in [1.165, 1.54) is 25.7 Å². The Morgan fingerprint density at radius 1 is 1.33 bits per heavy atom. The van der Waals surface area contributed by atoms with Crippen LogP contribution in [0.25, 0.3) is 5.69 Å². The Bertz CT molecular complexity index is 512. The molecule has 0 spiro atoms. The Morgan fingerprint density at radius 2 is 2.17 bits per heavy atom. The number of anilines is 1. The highest BCUT2D eigenvalue weighted by Gasteiger charge is 2.17. The molecule has 2 aromatic heterocycles. The average molecular weight is 242 g/mol. The molecular weight excluding hydrogens is 224 g/mol. The van der Waals surface area contributed by atoms with E-state index >= 15 is 0 Å². The van der Waals surface area contributed by atoms with E-state index in [1.807, 2.05) is 31.5 Å². The van der Waals surface area contributed by atoms with E-state index in [-0.39, 0.29) is 0 Å². The summed E-state index contributed by atoms with van der Waals surface area (Å²) in [5.41, 5.74) is 2.08. The molecule has 0 radical (unpaired) electrons. The number of aryl methyl sites for hydroxylation is 1. The highest BCUT2D eigenvalue weighted by Crippen LogP contribution is 2.23. The van der Waals surface area contributed by atoms with Crippen molar-refractivity contribution in [2.75, 3.05) is 5.32 Å². The molecule has 0 amide bonds. The van der Waals surface area contributed by atoms with Gasteiger partial charge in [-0.3, -0.25) is 9.55 Å². The quantitative estimate of drug-likeness (QED) is 0.899. The van der Waals surface area contributed by atoms with Crippen molar-refractivity contribution in [1.82, 2.24) is 14.5 Å². The largest absolute Gasteiger partial charge is 0.353 e. The van der Waals surface area contributed by atoms with Gasteiger partial charge in [0, 0.05) is 18.4 Å². The van der Waals surface area contributed by atoms with Gasteiger partial charge in [-0.1, -0.05) is 12.8 Å². The van der Waals surface area contributed by atoms with Crippen LogP contribution >= 0.6 is 0 Å². The molecule has 3 rings (SSSR count). The molecule has 2 aromatic rings. The summed E-state index contributed by atoms with van der Waals surface area (Å²) < 4.78 is 2.08. The molecule has 1 fully saturated rings. The van der Waals surface area contributed by atoms with Crippen LogP contribution in [0.1, 0.15) is 31.4 Å². The van der Waals surface area contributed by atoms with Crippen molar-refractivity contribution >= 4 is 5.95 Å². The lowest BCUT2D eigenvalue weighted by molar-refractivity contribution is 0.740. The van der Waals surface area contributed by atoms with E-state index < -0.39 is 0 Å². The summed E-state index contributed by atoms with van der Waals surface area (Å²) in [5, 5.41) is 3.55. The number of nitrogens with one attached hydrogen (secondary N) is 1. The third kappa shape index (κ3) is 2.23. The Kier molecular flexibility index (Phi) is 3.00. The number of aromatic nitrogens is 3. The number of hydrogen-bond acceptors (Lipinski definition) is 3. The van der Waals surface area contributed by atoms with Gasteiger partial charge in [-0.15, -0.1) is 0 Å². The molecule has 0 aliphatic heterocycles. The fourth-order valence-electron chi connectivity index (χ4n) is 2.55. The summed E-state index contributed by atoms with van der Waals surface area (Å²) in [5.74, 6) is 0.937. The fraction of sp³-hybridized carbons (Fsp3) is 0.429. The van der Waals surface area contributed by atoms with Crippen molar-refractivity contribution in [2.24, 2.45) is 0 Å². The summed E-state index contributed by atoms with van der Waals surface area (Å²) >= 11 is 0. The number of rotatable bonds is 3. The molecule has 0 saturated heterocycles. The van der Waals surface area contributed by atoms with Crippen molar-refractivity contribution in [3.63, 3.8) is 0 Å². The van der Waals surface area contributed by atoms with Crippen molar-refractivity contribution in [2.45, 2.75) is 38.6 Å². The van der Waals surface area contributed by atoms with Gasteiger partial charge in [0.05, 0.1) is 17.6 Å². The molecular formula is C14H18N4. The summed E-state index contributed by atoms with van der Waals surface area (Å²) in [4.78, 5) is 8.74. The van der Waals surface area contributed by atoms with Crippen LogP contribution in [0.4, 0.5) is 5.95 Å². The average Bonchev–Trinajstić information content (AvgIpc) is 3.01. The lowest BCUT2D eigenvalue weighted by atomic mass is 10.2. The SMILES string of the molecule is Cc1cn(-c2cccnc2)c(NC2CCCC2)n1. The first-order valence-corrected chi connectivity index (χ1v) is 6.56. The monoisotopic (exact) mass is 242 g/mol. The van der Waals surface area contributed by atoms with Crippen LogP contribution < -0.4 is 5.32 Å². The Labute approximate surface area is 107 Å². The Hall–Kier alpha value is -1.84. The van der Waals surface area contributed by atoms with Crippen molar-refractivity contribution in [3.8, 4) is 5.69 Å². The van der Waals surface area contributed by atoms with Gasteiger partial charge in [-0.05, 0) is 31.9 Å². The normalized spacial score (nSPS) is 16.1. The van der Waals surface area contributed by atoms with E-state index in [0.29, 0.717) is 6.04 Å². The molecule has 18 heavy (non-hydrogen) atoms. The lowest BCUT2D eigenvalue weighted by Gasteiger charge is -2.14. The third-order valence-electron chi connectivity index (χ3n) is 3.44. The van der Waals surface area contributed by atoms with E-state index in [9.17, 15) is 0 Å². The first-order valence-electron chi connectivity index (χ1n) is 6.56. The second kappa shape index (κ2) is 4.80. The molecule has 1 N–H and O–H groups in total. The number of pyridine rings is 1. The van der Waals surface area contributed by atoms with Crippen LogP contribution in [0.2, 0.25) is 0 Å². The molecule has 0 atom stereocenters. The minimum Gasteiger partial charge on any atom is -0.353 e. The van der Waals surface area contributed by atoms with Gasteiger partial charge < -0.3 is 5.32 Å². The Morgan fingerprint density at radius 3 is 2.89 bits per heavy atom. The van der Waals surface area contributed by atoms with Crippen LogP contribution in [0.5, 0.6) is 0 Å². The zero-order chi connectivity index (χ0) is 12.4. The Balaban J connectivity index is 1.89. The maximum Gasteiger partial charge on any atom is 0.208 e. The van der Waals surface area contributed by atoms with Crippen molar-refractivity contribution in [1.29, 1.82) is 0 Å². The predicted octanol–water partition coefficient (Wildman–Crippen LogP) is 2.93. The number of hydrogen-bond donors (Lipinski definition) is 1. The lowest BCUT2D eigenvalue weighted by Crippen LogP contribution is -2.17. The summed E-state index contributed by atoms with van der Waals surface area (Å²) in [7, 11) is 0. The third-order valence-corrected chi connectivity index (χ3v) is 3.44.